The molecule has 6 nitrogen and oxygen atoms in total. The minimum atomic E-state index is -0.0686. The summed E-state index contributed by atoms with van der Waals surface area (Å²) in [5.41, 5.74) is 1.89. The quantitative estimate of drug-likeness (QED) is 0.746. The first-order chi connectivity index (χ1) is 11.3. The van der Waals surface area contributed by atoms with Crippen LogP contribution in [0.1, 0.15) is 23.0 Å². The molecule has 0 radical (unpaired) electrons. The third-order valence-electron chi connectivity index (χ3n) is 4.14. The van der Waals surface area contributed by atoms with Crippen LogP contribution < -0.4 is 0 Å². The Morgan fingerprint density at radius 3 is 2.83 bits per heavy atom. The predicted molar refractivity (Wildman–Crippen MR) is 83.7 cm³/mol. The van der Waals surface area contributed by atoms with Gasteiger partial charge in [0, 0.05) is 18.7 Å². The normalized spacial score (nSPS) is 17.6. The van der Waals surface area contributed by atoms with Crippen molar-refractivity contribution in [3.63, 3.8) is 0 Å². The molecule has 0 saturated carbocycles. The van der Waals surface area contributed by atoms with Crippen molar-refractivity contribution < 1.29 is 9.21 Å². The zero-order valence-corrected chi connectivity index (χ0v) is 12.5. The Labute approximate surface area is 133 Å². The molecule has 0 bridgehead atoms. The number of aromatic nitrogens is 3. The van der Waals surface area contributed by atoms with Gasteiger partial charge in [-0.15, -0.1) is 5.10 Å². The molecule has 0 N–H and O–H groups in total. The van der Waals surface area contributed by atoms with Gasteiger partial charge in [-0.25, -0.2) is 4.68 Å². The van der Waals surface area contributed by atoms with Crippen molar-refractivity contribution in [3.05, 3.63) is 60.7 Å². The second kappa shape index (κ2) is 5.72. The molecule has 1 amide bonds. The van der Waals surface area contributed by atoms with Crippen LogP contribution in [0, 0.1) is 0 Å². The van der Waals surface area contributed by atoms with Crippen LogP contribution in [0.5, 0.6) is 0 Å². The van der Waals surface area contributed by atoms with E-state index in [9.17, 15) is 4.79 Å². The SMILES string of the molecule is O=C(c1ccco1)N1CCC(n2cc(-c3ccccc3)nn2)C1. The second-order valence-electron chi connectivity index (χ2n) is 5.62. The van der Waals surface area contributed by atoms with Gasteiger partial charge in [0.2, 0.25) is 0 Å². The van der Waals surface area contributed by atoms with E-state index in [4.69, 9.17) is 4.42 Å². The lowest BCUT2D eigenvalue weighted by Crippen LogP contribution is -2.28. The number of furan rings is 1. The molecule has 1 atom stereocenters. The molecule has 1 aliphatic heterocycles. The van der Waals surface area contributed by atoms with E-state index < -0.39 is 0 Å². The van der Waals surface area contributed by atoms with Crippen molar-refractivity contribution >= 4 is 5.91 Å². The van der Waals surface area contributed by atoms with E-state index in [-0.39, 0.29) is 11.9 Å². The summed E-state index contributed by atoms with van der Waals surface area (Å²) >= 11 is 0. The maximum atomic E-state index is 12.3. The van der Waals surface area contributed by atoms with Crippen molar-refractivity contribution in [2.45, 2.75) is 12.5 Å². The molecule has 1 aliphatic rings. The fraction of sp³-hybridized carbons (Fsp3) is 0.235. The third kappa shape index (κ3) is 2.63. The number of rotatable bonds is 3. The van der Waals surface area contributed by atoms with Crippen LogP contribution in [0.2, 0.25) is 0 Å². The molecule has 0 spiro atoms. The number of amides is 1. The van der Waals surface area contributed by atoms with Gasteiger partial charge < -0.3 is 9.32 Å². The molecule has 116 valence electrons. The lowest BCUT2D eigenvalue weighted by atomic mass is 10.2. The summed E-state index contributed by atoms with van der Waals surface area (Å²) in [6, 6.07) is 13.5. The first kappa shape index (κ1) is 13.8. The predicted octanol–water partition coefficient (Wildman–Crippen LogP) is 2.63. The molecule has 1 saturated heterocycles. The molecule has 3 aromatic rings. The van der Waals surface area contributed by atoms with E-state index in [2.05, 4.69) is 10.3 Å². The second-order valence-corrected chi connectivity index (χ2v) is 5.62. The zero-order chi connectivity index (χ0) is 15.6. The topological polar surface area (TPSA) is 64.2 Å². The molecule has 23 heavy (non-hydrogen) atoms. The first-order valence-corrected chi connectivity index (χ1v) is 7.61. The van der Waals surface area contributed by atoms with Crippen molar-refractivity contribution in [1.29, 1.82) is 0 Å². The van der Waals surface area contributed by atoms with Gasteiger partial charge in [0.15, 0.2) is 5.76 Å². The van der Waals surface area contributed by atoms with Gasteiger partial charge in [-0.2, -0.15) is 0 Å². The van der Waals surface area contributed by atoms with Crippen molar-refractivity contribution in [3.8, 4) is 11.3 Å². The summed E-state index contributed by atoms with van der Waals surface area (Å²) in [5, 5.41) is 8.48. The van der Waals surface area contributed by atoms with Crippen LogP contribution in [0.4, 0.5) is 0 Å². The molecule has 6 heteroatoms. The fourth-order valence-corrected chi connectivity index (χ4v) is 2.89. The van der Waals surface area contributed by atoms with E-state index in [0.29, 0.717) is 18.8 Å². The van der Waals surface area contributed by atoms with Crippen LogP contribution in [0.15, 0.2) is 59.3 Å². The first-order valence-electron chi connectivity index (χ1n) is 7.61. The largest absolute Gasteiger partial charge is 0.459 e. The molecule has 4 rings (SSSR count). The van der Waals surface area contributed by atoms with Gasteiger partial charge in [-0.3, -0.25) is 4.79 Å². The van der Waals surface area contributed by atoms with Gasteiger partial charge in [-0.1, -0.05) is 35.5 Å². The minimum absolute atomic E-state index is 0.0686. The minimum Gasteiger partial charge on any atom is -0.459 e. The number of hydrogen-bond donors (Lipinski definition) is 0. The van der Waals surface area contributed by atoms with Gasteiger partial charge in [0.25, 0.3) is 5.91 Å². The number of likely N-dealkylation sites (tertiary alicyclic amines) is 1. The highest BCUT2D eigenvalue weighted by Gasteiger charge is 2.30. The van der Waals surface area contributed by atoms with Crippen LogP contribution in [-0.4, -0.2) is 38.9 Å². The highest BCUT2D eigenvalue weighted by Crippen LogP contribution is 2.24. The summed E-state index contributed by atoms with van der Waals surface area (Å²) in [4.78, 5) is 14.1. The van der Waals surface area contributed by atoms with E-state index in [1.807, 2.05) is 41.2 Å². The van der Waals surface area contributed by atoms with E-state index in [0.717, 1.165) is 17.7 Å². The standard InChI is InChI=1S/C17H16N4O2/c22-17(16-7-4-10-23-16)20-9-8-14(11-20)21-12-15(18-19-21)13-5-2-1-3-6-13/h1-7,10,12,14H,8-9,11H2. The molecular formula is C17H16N4O2. The number of carbonyl (C=O) groups excluding carboxylic acids is 1. The maximum Gasteiger partial charge on any atom is 0.289 e. The Hall–Kier alpha value is -2.89. The number of nitrogens with zero attached hydrogens (tertiary/aromatic N) is 4. The van der Waals surface area contributed by atoms with Crippen LogP contribution in [0.3, 0.4) is 0 Å². The molecule has 0 aliphatic carbocycles. The van der Waals surface area contributed by atoms with Crippen LogP contribution in [0.25, 0.3) is 11.3 Å². The van der Waals surface area contributed by atoms with Crippen molar-refractivity contribution in [2.75, 3.05) is 13.1 Å². The summed E-state index contributed by atoms with van der Waals surface area (Å²) in [7, 11) is 0. The van der Waals surface area contributed by atoms with E-state index in [1.165, 1.54) is 6.26 Å². The molecule has 2 aromatic heterocycles. The van der Waals surface area contributed by atoms with Gasteiger partial charge >= 0.3 is 0 Å². The van der Waals surface area contributed by atoms with Gasteiger partial charge in [0.05, 0.1) is 18.5 Å². The third-order valence-corrected chi connectivity index (χ3v) is 4.14. The van der Waals surface area contributed by atoms with Gasteiger partial charge in [0.1, 0.15) is 5.69 Å². The average molecular weight is 308 g/mol. The monoisotopic (exact) mass is 308 g/mol. The smallest absolute Gasteiger partial charge is 0.289 e. The molecule has 1 unspecified atom stereocenters. The molecule has 1 aromatic carbocycles. The number of benzene rings is 1. The summed E-state index contributed by atoms with van der Waals surface area (Å²) in [5.74, 6) is 0.315. The molecule has 3 heterocycles. The van der Waals surface area contributed by atoms with Crippen LogP contribution in [-0.2, 0) is 0 Å². The van der Waals surface area contributed by atoms with Gasteiger partial charge in [-0.05, 0) is 18.6 Å². The lowest BCUT2D eigenvalue weighted by molar-refractivity contribution is 0.0755. The van der Waals surface area contributed by atoms with Crippen LogP contribution >= 0.6 is 0 Å². The Morgan fingerprint density at radius 2 is 2.04 bits per heavy atom. The highest BCUT2D eigenvalue weighted by atomic mass is 16.3. The number of hydrogen-bond acceptors (Lipinski definition) is 4. The van der Waals surface area contributed by atoms with Crippen molar-refractivity contribution in [1.82, 2.24) is 19.9 Å². The Balaban J connectivity index is 1.48. The Kier molecular flexibility index (Phi) is 3.42. The molecular weight excluding hydrogens is 292 g/mol. The Bertz CT molecular complexity index is 795. The Morgan fingerprint density at radius 1 is 1.17 bits per heavy atom. The van der Waals surface area contributed by atoms with Crippen molar-refractivity contribution in [2.24, 2.45) is 0 Å². The summed E-state index contributed by atoms with van der Waals surface area (Å²) < 4.78 is 7.04. The zero-order valence-electron chi connectivity index (χ0n) is 12.5. The van der Waals surface area contributed by atoms with E-state index >= 15 is 0 Å². The van der Waals surface area contributed by atoms with E-state index in [1.54, 1.807) is 17.0 Å². The lowest BCUT2D eigenvalue weighted by Gasteiger charge is -2.14. The fourth-order valence-electron chi connectivity index (χ4n) is 2.89. The maximum absolute atomic E-state index is 12.3. The number of carbonyl (C=O) groups is 1. The molecule has 1 fully saturated rings. The summed E-state index contributed by atoms with van der Waals surface area (Å²) in [6.07, 6.45) is 4.33. The average Bonchev–Trinajstić information content (AvgIpc) is 3.35. The summed E-state index contributed by atoms with van der Waals surface area (Å²) in [6.45, 7) is 1.32. The highest BCUT2D eigenvalue weighted by molar-refractivity contribution is 5.91.